The van der Waals surface area contributed by atoms with Gasteiger partial charge in [-0.3, -0.25) is 13.9 Å². The number of carbonyl (C=O) groups is 1. The van der Waals surface area contributed by atoms with E-state index in [0.717, 1.165) is 24.8 Å². The quantitative estimate of drug-likeness (QED) is 0.699. The van der Waals surface area contributed by atoms with Gasteiger partial charge in [-0.15, -0.1) is 0 Å². The minimum Gasteiger partial charge on any atom is -0.341 e. The summed E-state index contributed by atoms with van der Waals surface area (Å²) in [6.45, 7) is 1.28. The molecule has 1 aliphatic rings. The van der Waals surface area contributed by atoms with E-state index in [-0.39, 0.29) is 17.6 Å². The summed E-state index contributed by atoms with van der Waals surface area (Å²) in [7, 11) is 1.77. The topological polar surface area (TPSA) is 60.1 Å². The molecule has 1 aliphatic heterocycles. The number of aryl methyl sites for hydroxylation is 2. The van der Waals surface area contributed by atoms with Gasteiger partial charge in [0.25, 0.3) is 0 Å². The number of fused-ring (bicyclic) bond motifs is 1. The fourth-order valence-corrected chi connectivity index (χ4v) is 3.95. The summed E-state index contributed by atoms with van der Waals surface area (Å²) >= 11 is 0. The average Bonchev–Trinajstić information content (AvgIpc) is 3.27. The minimum atomic E-state index is -0.0629. The minimum absolute atomic E-state index is 0.00540. The standard InChI is InChI=1S/C21H24N4O2/c1-23-18-10-6-13-22-20(18)25(21(23)27)17-12-14-24(15-17)19(26)11-5-9-16-7-3-2-4-8-16/h2-4,6-8,10,13,17H,5,9,11-12,14-15H2,1H3/t17-/m1/s1. The Bertz CT molecular complexity index is 1010. The predicted molar refractivity (Wildman–Crippen MR) is 105 cm³/mol. The third-order valence-electron chi connectivity index (χ3n) is 5.43. The number of amides is 1. The molecule has 1 saturated heterocycles. The van der Waals surface area contributed by atoms with Crippen LogP contribution in [-0.4, -0.2) is 38.0 Å². The Morgan fingerprint density at radius 1 is 1.19 bits per heavy atom. The summed E-state index contributed by atoms with van der Waals surface area (Å²) in [5.41, 5.74) is 2.73. The Balaban J connectivity index is 1.41. The molecule has 1 fully saturated rings. The number of pyridine rings is 1. The van der Waals surface area contributed by atoms with Crippen molar-refractivity contribution in [2.24, 2.45) is 7.05 Å². The van der Waals surface area contributed by atoms with Crippen molar-refractivity contribution in [2.45, 2.75) is 31.7 Å². The largest absolute Gasteiger partial charge is 0.341 e. The monoisotopic (exact) mass is 364 g/mol. The van der Waals surface area contributed by atoms with Crippen molar-refractivity contribution in [2.75, 3.05) is 13.1 Å². The summed E-state index contributed by atoms with van der Waals surface area (Å²) in [4.78, 5) is 31.5. The molecule has 0 saturated carbocycles. The molecule has 0 N–H and O–H groups in total. The van der Waals surface area contributed by atoms with E-state index >= 15 is 0 Å². The number of hydrogen-bond acceptors (Lipinski definition) is 3. The van der Waals surface area contributed by atoms with Crippen molar-refractivity contribution >= 4 is 17.1 Å². The Morgan fingerprint density at radius 3 is 2.81 bits per heavy atom. The zero-order chi connectivity index (χ0) is 18.8. The third kappa shape index (κ3) is 3.39. The molecule has 3 heterocycles. The van der Waals surface area contributed by atoms with Gasteiger partial charge in [0.1, 0.15) is 0 Å². The highest BCUT2D eigenvalue weighted by molar-refractivity contribution is 5.76. The number of imidazole rings is 1. The molecule has 1 atom stereocenters. The van der Waals surface area contributed by atoms with Crippen LogP contribution in [0.5, 0.6) is 0 Å². The maximum absolute atomic E-state index is 12.7. The van der Waals surface area contributed by atoms with Crippen molar-refractivity contribution in [3.63, 3.8) is 0 Å². The average molecular weight is 364 g/mol. The number of likely N-dealkylation sites (tertiary alicyclic amines) is 1. The molecule has 0 aliphatic carbocycles. The number of aromatic nitrogens is 3. The first-order valence-corrected chi connectivity index (χ1v) is 9.49. The van der Waals surface area contributed by atoms with E-state index in [2.05, 4.69) is 17.1 Å². The Kier molecular flexibility index (Phi) is 4.79. The lowest BCUT2D eigenvalue weighted by Crippen LogP contribution is -2.31. The number of rotatable bonds is 5. The fourth-order valence-electron chi connectivity index (χ4n) is 3.95. The van der Waals surface area contributed by atoms with Crippen LogP contribution in [-0.2, 0) is 18.3 Å². The second kappa shape index (κ2) is 7.39. The van der Waals surface area contributed by atoms with Crippen LogP contribution < -0.4 is 5.69 Å². The first-order valence-electron chi connectivity index (χ1n) is 9.49. The van der Waals surface area contributed by atoms with Gasteiger partial charge >= 0.3 is 5.69 Å². The van der Waals surface area contributed by atoms with Crippen molar-refractivity contribution in [1.82, 2.24) is 19.0 Å². The molecule has 6 nitrogen and oxygen atoms in total. The lowest BCUT2D eigenvalue weighted by atomic mass is 10.1. The second-order valence-corrected chi connectivity index (χ2v) is 7.18. The van der Waals surface area contributed by atoms with Crippen LogP contribution in [0.15, 0.2) is 53.5 Å². The van der Waals surface area contributed by atoms with E-state index in [0.29, 0.717) is 25.2 Å². The van der Waals surface area contributed by atoms with E-state index in [9.17, 15) is 9.59 Å². The van der Waals surface area contributed by atoms with Crippen molar-refractivity contribution < 1.29 is 4.79 Å². The van der Waals surface area contributed by atoms with Crippen LogP contribution in [0.4, 0.5) is 0 Å². The van der Waals surface area contributed by atoms with E-state index in [4.69, 9.17) is 0 Å². The molecule has 0 bridgehead atoms. The summed E-state index contributed by atoms with van der Waals surface area (Å²) < 4.78 is 3.39. The predicted octanol–water partition coefficient (Wildman–Crippen LogP) is 2.53. The van der Waals surface area contributed by atoms with Crippen LogP contribution in [0.2, 0.25) is 0 Å². The number of benzene rings is 1. The molecule has 6 heteroatoms. The van der Waals surface area contributed by atoms with Gasteiger partial charge in [-0.1, -0.05) is 30.3 Å². The highest BCUT2D eigenvalue weighted by Gasteiger charge is 2.30. The third-order valence-corrected chi connectivity index (χ3v) is 5.43. The van der Waals surface area contributed by atoms with Gasteiger partial charge in [-0.05, 0) is 37.0 Å². The van der Waals surface area contributed by atoms with E-state index in [1.54, 1.807) is 22.4 Å². The molecule has 27 heavy (non-hydrogen) atoms. The van der Waals surface area contributed by atoms with E-state index < -0.39 is 0 Å². The summed E-state index contributed by atoms with van der Waals surface area (Å²) in [6, 6.07) is 14.0. The molecule has 4 rings (SSSR count). The fraction of sp³-hybridized carbons (Fsp3) is 0.381. The lowest BCUT2D eigenvalue weighted by Gasteiger charge is -2.17. The summed E-state index contributed by atoms with van der Waals surface area (Å²) in [5, 5.41) is 0. The Morgan fingerprint density at radius 2 is 2.00 bits per heavy atom. The van der Waals surface area contributed by atoms with Crippen LogP contribution in [0.1, 0.15) is 30.9 Å². The van der Waals surface area contributed by atoms with Gasteiger partial charge in [-0.2, -0.15) is 0 Å². The highest BCUT2D eigenvalue weighted by atomic mass is 16.2. The second-order valence-electron chi connectivity index (χ2n) is 7.18. The molecule has 140 valence electrons. The van der Waals surface area contributed by atoms with Crippen LogP contribution in [0.25, 0.3) is 11.2 Å². The maximum atomic E-state index is 12.7. The number of carbonyl (C=O) groups excluding carboxylic acids is 1. The van der Waals surface area contributed by atoms with Crippen molar-refractivity contribution in [1.29, 1.82) is 0 Å². The van der Waals surface area contributed by atoms with Crippen LogP contribution in [0, 0.1) is 0 Å². The summed E-state index contributed by atoms with van der Waals surface area (Å²) in [5.74, 6) is 0.176. The first kappa shape index (κ1) is 17.5. The zero-order valence-electron chi connectivity index (χ0n) is 15.5. The van der Waals surface area contributed by atoms with Crippen molar-refractivity contribution in [3.8, 4) is 0 Å². The van der Waals surface area contributed by atoms with E-state index in [1.165, 1.54) is 5.56 Å². The van der Waals surface area contributed by atoms with Gasteiger partial charge in [0.05, 0.1) is 11.6 Å². The van der Waals surface area contributed by atoms with Gasteiger partial charge in [-0.25, -0.2) is 9.78 Å². The molecule has 0 spiro atoms. The van der Waals surface area contributed by atoms with Gasteiger partial charge < -0.3 is 4.90 Å². The molecular formula is C21H24N4O2. The first-order chi connectivity index (χ1) is 13.1. The van der Waals surface area contributed by atoms with Gasteiger partial charge in [0, 0.05) is 32.8 Å². The van der Waals surface area contributed by atoms with Crippen LogP contribution in [0.3, 0.4) is 0 Å². The van der Waals surface area contributed by atoms with Crippen LogP contribution >= 0.6 is 0 Å². The molecular weight excluding hydrogens is 340 g/mol. The summed E-state index contributed by atoms with van der Waals surface area (Å²) in [6.07, 6.45) is 4.81. The molecule has 3 aromatic rings. The van der Waals surface area contributed by atoms with Gasteiger partial charge in [0.15, 0.2) is 5.65 Å². The number of nitrogens with zero attached hydrogens (tertiary/aromatic N) is 4. The Hall–Kier alpha value is -2.89. The normalized spacial score (nSPS) is 16.9. The molecule has 0 unspecified atom stereocenters. The Labute approximate surface area is 158 Å². The zero-order valence-corrected chi connectivity index (χ0v) is 15.5. The van der Waals surface area contributed by atoms with Gasteiger partial charge in [0.2, 0.25) is 5.91 Å². The molecule has 1 aromatic carbocycles. The number of hydrogen-bond donors (Lipinski definition) is 0. The van der Waals surface area contributed by atoms with E-state index in [1.807, 2.05) is 35.2 Å². The lowest BCUT2D eigenvalue weighted by molar-refractivity contribution is -0.130. The molecule has 0 radical (unpaired) electrons. The molecule has 1 amide bonds. The SMILES string of the molecule is Cn1c(=O)n([C@@H]2CCN(C(=O)CCCc3ccccc3)C2)c2ncccc21. The van der Waals surface area contributed by atoms with Crippen molar-refractivity contribution in [3.05, 3.63) is 64.7 Å². The molecule has 2 aromatic heterocycles. The smallest absolute Gasteiger partial charge is 0.330 e. The highest BCUT2D eigenvalue weighted by Crippen LogP contribution is 2.24. The maximum Gasteiger partial charge on any atom is 0.330 e.